The van der Waals surface area contributed by atoms with E-state index in [1.807, 2.05) is 38.3 Å². The topological polar surface area (TPSA) is 95.8 Å². The molecule has 1 amide bonds. The largest absolute Gasteiger partial charge is 0.396 e. The van der Waals surface area contributed by atoms with Gasteiger partial charge in [0.25, 0.3) is 0 Å². The van der Waals surface area contributed by atoms with Crippen molar-refractivity contribution in [3.05, 3.63) is 28.6 Å². The number of β-amino-alcohol motifs (C(OH)–C–C–N with tert-alkyl or cyclic N) is 1. The van der Waals surface area contributed by atoms with Gasteiger partial charge in [0.05, 0.1) is 16.7 Å². The monoisotopic (exact) mass is 338 g/mol. The number of aliphatic hydroxyl groups is 1. The van der Waals surface area contributed by atoms with Crippen molar-refractivity contribution in [2.75, 3.05) is 6.54 Å². The first-order valence-electron chi connectivity index (χ1n) is 7.84. The van der Waals surface area contributed by atoms with Crippen molar-refractivity contribution in [2.45, 2.75) is 45.4 Å². The summed E-state index contributed by atoms with van der Waals surface area (Å²) in [4.78, 5) is 15.5. The zero-order chi connectivity index (χ0) is 17.1. The zero-order valence-electron chi connectivity index (χ0n) is 13.8. The maximum absolute atomic E-state index is 12.9. The average Bonchev–Trinajstić information content (AvgIpc) is 3.07. The number of rotatable bonds is 5. The van der Waals surface area contributed by atoms with Crippen molar-refractivity contribution < 1.29 is 9.90 Å². The number of thiophene rings is 1. The molecule has 0 radical (unpaired) electrons. The summed E-state index contributed by atoms with van der Waals surface area (Å²) >= 11 is 1.52. The van der Waals surface area contributed by atoms with Gasteiger partial charge in [-0.25, -0.2) is 5.84 Å². The van der Waals surface area contributed by atoms with Crippen LogP contribution in [-0.4, -0.2) is 45.7 Å². The maximum atomic E-state index is 12.9. The first kappa shape index (κ1) is 17.8. The highest BCUT2D eigenvalue weighted by atomic mass is 32.1. The molecule has 2 rings (SSSR count). The van der Waals surface area contributed by atoms with Gasteiger partial charge >= 0.3 is 0 Å². The number of hydrogen-bond donors (Lipinski definition) is 3. The van der Waals surface area contributed by atoms with Crippen LogP contribution in [0.25, 0.3) is 5.70 Å². The number of nitrogens with zero attached hydrogens (tertiary/aromatic N) is 2. The fraction of sp³-hybridized carbons (Fsp3) is 0.562. The SMILES string of the molecule is CC(C)C(C(=O)N1CC(O)CC1C)N(N)/C=C(\N)c1cccs1. The van der Waals surface area contributed by atoms with Crippen molar-refractivity contribution in [3.8, 4) is 0 Å². The average molecular weight is 338 g/mol. The summed E-state index contributed by atoms with van der Waals surface area (Å²) in [6.07, 6.45) is 1.76. The van der Waals surface area contributed by atoms with Crippen molar-refractivity contribution in [1.82, 2.24) is 9.91 Å². The Morgan fingerprint density at radius 3 is 2.74 bits per heavy atom. The quantitative estimate of drug-likeness (QED) is 0.553. The van der Waals surface area contributed by atoms with Crippen LogP contribution in [0.1, 0.15) is 32.1 Å². The summed E-state index contributed by atoms with van der Waals surface area (Å²) in [5.74, 6) is 6.10. The number of carbonyl (C=O) groups excluding carboxylic acids is 1. The molecule has 1 aliphatic heterocycles. The molecule has 1 fully saturated rings. The third-order valence-corrected chi connectivity index (χ3v) is 5.05. The highest BCUT2D eigenvalue weighted by Gasteiger charge is 2.37. The second-order valence-corrected chi connectivity index (χ2v) is 7.37. The molecule has 1 aromatic rings. The molecule has 3 unspecified atom stereocenters. The zero-order valence-corrected chi connectivity index (χ0v) is 14.7. The summed E-state index contributed by atoms with van der Waals surface area (Å²) < 4.78 is 0. The number of nitrogens with two attached hydrogens (primary N) is 2. The first-order chi connectivity index (χ1) is 10.8. The van der Waals surface area contributed by atoms with Gasteiger partial charge in [0, 0.05) is 18.8 Å². The van der Waals surface area contributed by atoms with Crippen LogP contribution in [0.3, 0.4) is 0 Å². The number of aliphatic hydroxyl groups excluding tert-OH is 1. The number of likely N-dealkylation sites (tertiary alicyclic amines) is 1. The molecule has 2 heterocycles. The molecule has 1 saturated heterocycles. The van der Waals surface area contributed by atoms with Gasteiger partial charge in [-0.05, 0) is 30.7 Å². The number of hydrogen-bond acceptors (Lipinski definition) is 6. The van der Waals surface area contributed by atoms with Gasteiger partial charge in [0.1, 0.15) is 6.04 Å². The van der Waals surface area contributed by atoms with E-state index in [-0.39, 0.29) is 17.9 Å². The van der Waals surface area contributed by atoms with Crippen LogP contribution in [0.15, 0.2) is 23.7 Å². The minimum Gasteiger partial charge on any atom is -0.396 e. The normalized spacial score (nSPS) is 23.4. The summed E-state index contributed by atoms with van der Waals surface area (Å²) in [7, 11) is 0. The highest BCUT2D eigenvalue weighted by Crippen LogP contribution is 2.23. The molecule has 5 N–H and O–H groups in total. The molecule has 7 heteroatoms. The molecular weight excluding hydrogens is 312 g/mol. The Hall–Kier alpha value is -1.57. The smallest absolute Gasteiger partial charge is 0.247 e. The van der Waals surface area contributed by atoms with Gasteiger partial charge in [0.15, 0.2) is 0 Å². The molecular formula is C16H26N4O2S. The lowest BCUT2D eigenvalue weighted by atomic mass is 10.0. The molecule has 0 bridgehead atoms. The minimum absolute atomic E-state index is 0.0184. The second-order valence-electron chi connectivity index (χ2n) is 6.43. The molecule has 0 aromatic carbocycles. The minimum atomic E-state index is -0.513. The van der Waals surface area contributed by atoms with Crippen LogP contribution in [0.4, 0.5) is 0 Å². The van der Waals surface area contributed by atoms with Crippen molar-refractivity contribution in [2.24, 2.45) is 17.5 Å². The van der Waals surface area contributed by atoms with E-state index >= 15 is 0 Å². The van der Waals surface area contributed by atoms with E-state index in [2.05, 4.69) is 0 Å². The van der Waals surface area contributed by atoms with Gasteiger partial charge in [-0.1, -0.05) is 19.9 Å². The molecule has 3 atom stereocenters. The molecule has 0 spiro atoms. The third-order valence-electron chi connectivity index (χ3n) is 4.14. The molecule has 23 heavy (non-hydrogen) atoms. The second kappa shape index (κ2) is 7.33. The Morgan fingerprint density at radius 2 is 2.26 bits per heavy atom. The van der Waals surface area contributed by atoms with Gasteiger partial charge in [-0.2, -0.15) is 0 Å². The van der Waals surface area contributed by atoms with Gasteiger partial charge in [0.2, 0.25) is 5.91 Å². The van der Waals surface area contributed by atoms with E-state index < -0.39 is 12.1 Å². The first-order valence-corrected chi connectivity index (χ1v) is 8.72. The Balaban J connectivity index is 2.17. The van der Waals surface area contributed by atoms with E-state index in [4.69, 9.17) is 11.6 Å². The fourth-order valence-corrected chi connectivity index (χ4v) is 3.63. The summed E-state index contributed by atoms with van der Waals surface area (Å²) in [5.41, 5.74) is 6.60. The van der Waals surface area contributed by atoms with Crippen molar-refractivity contribution >= 4 is 22.9 Å². The summed E-state index contributed by atoms with van der Waals surface area (Å²) in [6, 6.07) is 3.34. The lowest BCUT2D eigenvalue weighted by Crippen LogP contribution is -2.53. The Bertz CT molecular complexity index is 558. The van der Waals surface area contributed by atoms with E-state index in [1.165, 1.54) is 16.3 Å². The van der Waals surface area contributed by atoms with E-state index in [9.17, 15) is 9.90 Å². The van der Waals surface area contributed by atoms with Crippen LogP contribution in [0.5, 0.6) is 0 Å². The van der Waals surface area contributed by atoms with Gasteiger partial charge in [-0.15, -0.1) is 11.3 Å². The van der Waals surface area contributed by atoms with E-state index in [0.29, 0.717) is 18.7 Å². The summed E-state index contributed by atoms with van der Waals surface area (Å²) in [5, 5.41) is 13.1. The lowest BCUT2D eigenvalue weighted by Gasteiger charge is -2.33. The Morgan fingerprint density at radius 1 is 1.57 bits per heavy atom. The third kappa shape index (κ3) is 4.04. The predicted molar refractivity (Wildman–Crippen MR) is 92.9 cm³/mol. The Kier molecular flexibility index (Phi) is 5.67. The highest BCUT2D eigenvalue weighted by molar-refractivity contribution is 7.11. The number of hydrazine groups is 1. The number of carbonyl (C=O) groups is 1. The molecule has 6 nitrogen and oxygen atoms in total. The number of amides is 1. The summed E-state index contributed by atoms with van der Waals surface area (Å²) in [6.45, 7) is 6.22. The van der Waals surface area contributed by atoms with Crippen LogP contribution >= 0.6 is 11.3 Å². The maximum Gasteiger partial charge on any atom is 0.247 e. The van der Waals surface area contributed by atoms with Crippen LogP contribution in [-0.2, 0) is 4.79 Å². The van der Waals surface area contributed by atoms with Gasteiger partial charge < -0.3 is 20.7 Å². The van der Waals surface area contributed by atoms with Gasteiger partial charge in [-0.3, -0.25) is 4.79 Å². The van der Waals surface area contributed by atoms with Crippen molar-refractivity contribution in [3.63, 3.8) is 0 Å². The van der Waals surface area contributed by atoms with Crippen LogP contribution in [0, 0.1) is 5.92 Å². The van der Waals surface area contributed by atoms with Crippen LogP contribution < -0.4 is 11.6 Å². The standard InChI is InChI=1S/C16H26N4O2S/c1-10(2)15(16(22)19-8-12(21)7-11(19)3)20(18)9-13(17)14-5-4-6-23-14/h4-6,9-12,15,21H,7-8,17-18H2,1-3H3/b13-9-. The molecule has 128 valence electrons. The van der Waals surface area contributed by atoms with Crippen LogP contribution in [0.2, 0.25) is 0 Å². The molecule has 0 saturated carbocycles. The molecule has 1 aromatic heterocycles. The lowest BCUT2D eigenvalue weighted by molar-refractivity contribution is -0.138. The Labute approximate surface area is 141 Å². The molecule has 0 aliphatic carbocycles. The van der Waals surface area contributed by atoms with E-state index in [1.54, 1.807) is 11.1 Å². The predicted octanol–water partition coefficient (Wildman–Crippen LogP) is 1.19. The van der Waals surface area contributed by atoms with E-state index in [0.717, 1.165) is 4.88 Å². The van der Waals surface area contributed by atoms with Crippen molar-refractivity contribution in [1.29, 1.82) is 0 Å². The molecule has 1 aliphatic rings. The fourth-order valence-electron chi connectivity index (χ4n) is 2.98.